The van der Waals surface area contributed by atoms with E-state index in [0.29, 0.717) is 29.5 Å². The zero-order chi connectivity index (χ0) is 15.0. The first-order valence-electron chi connectivity index (χ1n) is 7.54. The van der Waals surface area contributed by atoms with Gasteiger partial charge in [-0.05, 0) is 18.3 Å². The second-order valence-corrected chi connectivity index (χ2v) is 6.73. The maximum absolute atomic E-state index is 9.51. The summed E-state index contributed by atoms with van der Waals surface area (Å²) in [6.45, 7) is 5.83. The van der Waals surface area contributed by atoms with Crippen LogP contribution in [-0.2, 0) is 0 Å². The van der Waals surface area contributed by atoms with Crippen LogP contribution in [0.25, 0.3) is 0 Å². The molecule has 1 aromatic rings. The normalized spacial score (nSPS) is 28.1. The molecule has 3 rings (SSSR count). The van der Waals surface area contributed by atoms with Crippen LogP contribution in [0.5, 0.6) is 5.75 Å². The van der Waals surface area contributed by atoms with Gasteiger partial charge in [-0.3, -0.25) is 0 Å². The third-order valence-corrected chi connectivity index (χ3v) is 4.90. The summed E-state index contributed by atoms with van der Waals surface area (Å²) in [6, 6.07) is 4.72. The molecule has 21 heavy (non-hydrogen) atoms. The fourth-order valence-electron chi connectivity index (χ4n) is 3.55. The van der Waals surface area contributed by atoms with Crippen molar-refractivity contribution in [2.24, 2.45) is 17.8 Å². The summed E-state index contributed by atoms with van der Waals surface area (Å²) >= 11 is 6.01. The monoisotopic (exact) mass is 305 g/mol. The molecule has 0 bridgehead atoms. The van der Waals surface area contributed by atoms with Gasteiger partial charge in [-0.15, -0.1) is 0 Å². The van der Waals surface area contributed by atoms with Crippen molar-refractivity contribution in [2.45, 2.75) is 32.7 Å². The topological polar surface area (TPSA) is 49.1 Å². The first kappa shape index (κ1) is 14.5. The number of anilines is 1. The van der Waals surface area contributed by atoms with Crippen LogP contribution in [0, 0.1) is 29.1 Å². The number of fused-ring (bicyclic) bond motifs is 3. The van der Waals surface area contributed by atoms with Gasteiger partial charge in [-0.2, -0.15) is 5.26 Å². The molecule has 0 spiro atoms. The van der Waals surface area contributed by atoms with Crippen molar-refractivity contribution in [3.05, 3.63) is 17.3 Å². The van der Waals surface area contributed by atoms with Crippen LogP contribution < -0.4 is 9.64 Å². The Bertz CT molecular complexity index is 569. The van der Waals surface area contributed by atoms with Gasteiger partial charge in [-0.1, -0.05) is 25.4 Å². The van der Waals surface area contributed by atoms with Crippen LogP contribution in [0.1, 0.15) is 26.7 Å². The largest absolute Gasteiger partial charge is 0.490 e. The summed E-state index contributed by atoms with van der Waals surface area (Å²) in [6.07, 6.45) is 3.65. The number of hydrogen-bond acceptors (Lipinski definition) is 4. The van der Waals surface area contributed by atoms with Crippen molar-refractivity contribution >= 4 is 17.4 Å². The van der Waals surface area contributed by atoms with Crippen LogP contribution in [0.3, 0.4) is 0 Å². The van der Waals surface area contributed by atoms with E-state index in [1.807, 2.05) is 6.07 Å². The molecule has 3 unspecified atom stereocenters. The number of rotatable bonds is 1. The molecule has 0 saturated carbocycles. The van der Waals surface area contributed by atoms with Crippen molar-refractivity contribution in [2.75, 3.05) is 18.1 Å². The van der Waals surface area contributed by atoms with Crippen molar-refractivity contribution in [3.8, 4) is 11.8 Å². The predicted octanol–water partition coefficient (Wildman–Crippen LogP) is 3.51. The second-order valence-electron chi connectivity index (χ2n) is 6.30. The summed E-state index contributed by atoms with van der Waals surface area (Å²) in [7, 11) is 0. The highest BCUT2D eigenvalue weighted by Crippen LogP contribution is 2.41. The fourth-order valence-corrected chi connectivity index (χ4v) is 3.70. The Morgan fingerprint density at radius 3 is 3.05 bits per heavy atom. The molecule has 1 fully saturated rings. The lowest BCUT2D eigenvalue weighted by molar-refractivity contribution is 0.208. The Kier molecular flexibility index (Phi) is 3.95. The summed E-state index contributed by atoms with van der Waals surface area (Å²) in [5, 5.41) is 10.1. The third kappa shape index (κ3) is 2.67. The van der Waals surface area contributed by atoms with Crippen molar-refractivity contribution < 1.29 is 4.74 Å². The Morgan fingerprint density at radius 1 is 1.52 bits per heavy atom. The average molecular weight is 306 g/mol. The van der Waals surface area contributed by atoms with Gasteiger partial charge in [0.05, 0.1) is 23.6 Å². The molecule has 2 aliphatic heterocycles. The molecule has 112 valence electrons. The number of ether oxygens (including phenoxy) is 1. The lowest BCUT2D eigenvalue weighted by atomic mass is 9.75. The molecule has 1 saturated heterocycles. The van der Waals surface area contributed by atoms with E-state index < -0.39 is 0 Å². The van der Waals surface area contributed by atoms with E-state index >= 15 is 0 Å². The van der Waals surface area contributed by atoms with Gasteiger partial charge in [-0.25, -0.2) is 4.98 Å². The van der Waals surface area contributed by atoms with E-state index in [1.165, 1.54) is 0 Å². The predicted molar refractivity (Wildman–Crippen MR) is 82.5 cm³/mol. The van der Waals surface area contributed by atoms with Gasteiger partial charge in [0, 0.05) is 31.3 Å². The van der Waals surface area contributed by atoms with E-state index in [-0.39, 0.29) is 5.92 Å². The van der Waals surface area contributed by atoms with Gasteiger partial charge in [0.25, 0.3) is 0 Å². The van der Waals surface area contributed by atoms with Crippen LogP contribution >= 0.6 is 11.6 Å². The maximum Gasteiger partial charge on any atom is 0.171 e. The van der Waals surface area contributed by atoms with Gasteiger partial charge >= 0.3 is 0 Å². The summed E-state index contributed by atoms with van der Waals surface area (Å²) in [5.74, 6) is 2.60. The van der Waals surface area contributed by atoms with E-state index in [4.69, 9.17) is 16.3 Å². The highest BCUT2D eigenvalue weighted by atomic mass is 35.5. The van der Waals surface area contributed by atoms with E-state index in [0.717, 1.165) is 31.0 Å². The van der Waals surface area contributed by atoms with Crippen molar-refractivity contribution in [3.63, 3.8) is 0 Å². The van der Waals surface area contributed by atoms with Crippen molar-refractivity contribution in [1.82, 2.24) is 4.98 Å². The molecule has 4 nitrogen and oxygen atoms in total. The van der Waals surface area contributed by atoms with E-state index in [2.05, 4.69) is 29.8 Å². The zero-order valence-electron chi connectivity index (χ0n) is 12.4. The number of pyridine rings is 1. The summed E-state index contributed by atoms with van der Waals surface area (Å²) in [4.78, 5) is 6.72. The summed E-state index contributed by atoms with van der Waals surface area (Å²) < 4.78 is 5.81. The molecule has 0 amide bonds. The van der Waals surface area contributed by atoms with Crippen LogP contribution in [0.2, 0.25) is 5.02 Å². The highest BCUT2D eigenvalue weighted by molar-refractivity contribution is 6.30. The maximum atomic E-state index is 9.51. The second kappa shape index (κ2) is 5.73. The van der Waals surface area contributed by atoms with Crippen LogP contribution in [0.15, 0.2) is 12.3 Å². The van der Waals surface area contributed by atoms with E-state index in [9.17, 15) is 5.26 Å². The Morgan fingerprint density at radius 2 is 2.33 bits per heavy atom. The number of piperidine rings is 1. The van der Waals surface area contributed by atoms with Crippen LogP contribution in [0.4, 0.5) is 5.82 Å². The zero-order valence-corrected chi connectivity index (χ0v) is 13.2. The van der Waals surface area contributed by atoms with Gasteiger partial charge in [0.2, 0.25) is 0 Å². The van der Waals surface area contributed by atoms with E-state index in [1.54, 1.807) is 6.20 Å². The molecule has 3 heterocycles. The average Bonchev–Trinajstić information content (AvgIpc) is 2.63. The lowest BCUT2D eigenvalue weighted by Crippen LogP contribution is -2.48. The smallest absolute Gasteiger partial charge is 0.171 e. The third-order valence-electron chi connectivity index (χ3n) is 4.70. The Hall–Kier alpha value is -1.47. The number of halogens is 1. The first-order valence-corrected chi connectivity index (χ1v) is 7.92. The van der Waals surface area contributed by atoms with Gasteiger partial charge in [0.1, 0.15) is 0 Å². The minimum Gasteiger partial charge on any atom is -0.490 e. The van der Waals surface area contributed by atoms with Crippen LogP contribution in [-0.4, -0.2) is 24.2 Å². The minimum atomic E-state index is 0.0460. The molecule has 0 aromatic carbocycles. The SMILES string of the molecule is CC(C)C1CC2CCOc3cc(Cl)cnc3N2CC1C#N. The standard InChI is InChI=1S/C16H20ClN3O/c1-10(2)14-6-13-3-4-21-15-5-12(17)8-19-16(15)20(13)9-11(14)7-18/h5,8,10-11,13-14H,3-4,6,9H2,1-2H3. The first-order chi connectivity index (χ1) is 10.1. The van der Waals surface area contributed by atoms with Gasteiger partial charge < -0.3 is 9.64 Å². The highest BCUT2D eigenvalue weighted by Gasteiger charge is 2.39. The van der Waals surface area contributed by atoms with Gasteiger partial charge in [0.15, 0.2) is 11.6 Å². The molecular formula is C16H20ClN3O. The molecular weight excluding hydrogens is 286 g/mol. The molecule has 5 heteroatoms. The fraction of sp³-hybridized carbons (Fsp3) is 0.625. The summed E-state index contributed by atoms with van der Waals surface area (Å²) in [5.41, 5.74) is 0. The molecule has 0 N–H and O–H groups in total. The molecule has 0 aliphatic carbocycles. The quantitative estimate of drug-likeness (QED) is 0.796. The molecule has 1 aromatic heterocycles. The molecule has 2 aliphatic rings. The number of hydrogen-bond donors (Lipinski definition) is 0. The number of nitriles is 1. The minimum absolute atomic E-state index is 0.0460. The lowest BCUT2D eigenvalue weighted by Gasteiger charge is -2.43. The molecule has 3 atom stereocenters. The Labute approximate surface area is 130 Å². The van der Waals surface area contributed by atoms with Crippen molar-refractivity contribution in [1.29, 1.82) is 5.26 Å². The number of aromatic nitrogens is 1. The Balaban J connectivity index is 1.95. The number of nitrogens with zero attached hydrogens (tertiary/aromatic N) is 3. The molecule has 0 radical (unpaired) electrons.